The topological polar surface area (TPSA) is 57.5 Å². The van der Waals surface area contributed by atoms with E-state index in [9.17, 15) is 23.1 Å². The van der Waals surface area contributed by atoms with Gasteiger partial charge in [0, 0.05) is 30.5 Å². The quantitative estimate of drug-likeness (QED) is 0.798. The van der Waals surface area contributed by atoms with Crippen molar-refractivity contribution >= 4 is 22.4 Å². The van der Waals surface area contributed by atoms with E-state index in [1.807, 2.05) is 31.0 Å². The number of nitrogens with one attached hydrogen (secondary N) is 1. The third-order valence-electron chi connectivity index (χ3n) is 6.46. The molecule has 4 rings (SSSR count). The first-order valence-electron chi connectivity index (χ1n) is 10.2. The Morgan fingerprint density at radius 3 is 2.70 bits per heavy atom. The van der Waals surface area contributed by atoms with Gasteiger partial charge in [0.2, 0.25) is 5.91 Å². The molecule has 5 nitrogen and oxygen atoms in total. The van der Waals surface area contributed by atoms with Crippen molar-refractivity contribution < 1.29 is 23.1 Å². The van der Waals surface area contributed by atoms with Crippen LogP contribution in [-0.2, 0) is 24.4 Å². The summed E-state index contributed by atoms with van der Waals surface area (Å²) in [6.07, 6.45) is -1.65. The van der Waals surface area contributed by atoms with Crippen molar-refractivity contribution in [3.8, 4) is 0 Å². The number of carbonyl (C=O) groups is 1. The molecular formula is C22H26F3N3O2. The highest BCUT2D eigenvalue weighted by Crippen LogP contribution is 2.46. The maximum absolute atomic E-state index is 13.8. The Morgan fingerprint density at radius 2 is 2.07 bits per heavy atom. The van der Waals surface area contributed by atoms with Gasteiger partial charge in [0.15, 0.2) is 0 Å². The molecule has 1 amide bonds. The summed E-state index contributed by atoms with van der Waals surface area (Å²) >= 11 is 0. The Labute approximate surface area is 173 Å². The number of aromatic nitrogens is 1. The maximum atomic E-state index is 13.8. The van der Waals surface area contributed by atoms with Crippen LogP contribution in [0.3, 0.4) is 0 Å². The molecule has 162 valence electrons. The van der Waals surface area contributed by atoms with E-state index in [0.29, 0.717) is 29.4 Å². The van der Waals surface area contributed by atoms with Gasteiger partial charge >= 0.3 is 6.18 Å². The van der Waals surface area contributed by atoms with Gasteiger partial charge in [-0.15, -0.1) is 0 Å². The molecule has 0 saturated heterocycles. The minimum atomic E-state index is -4.43. The fraction of sp³-hybridized carbons (Fsp3) is 0.500. The highest BCUT2D eigenvalue weighted by Gasteiger charge is 2.43. The summed E-state index contributed by atoms with van der Waals surface area (Å²) in [5.74, 6) is -0.597. The predicted octanol–water partition coefficient (Wildman–Crippen LogP) is 2.95. The van der Waals surface area contributed by atoms with Crippen molar-refractivity contribution in [3.05, 3.63) is 41.1 Å². The molecule has 1 aliphatic heterocycles. The number of benzene rings is 1. The van der Waals surface area contributed by atoms with Crippen LogP contribution in [0.25, 0.3) is 16.5 Å². The molecule has 8 heteroatoms. The molecule has 1 aromatic heterocycles. The summed E-state index contributed by atoms with van der Waals surface area (Å²) in [5, 5.41) is 12.9. The van der Waals surface area contributed by atoms with Crippen molar-refractivity contribution in [1.29, 1.82) is 0 Å². The summed E-state index contributed by atoms with van der Waals surface area (Å²) in [7, 11) is 3.31. The minimum absolute atomic E-state index is 0.128. The van der Waals surface area contributed by atoms with Gasteiger partial charge in [-0.3, -0.25) is 9.69 Å². The Hall–Kier alpha value is -2.32. The van der Waals surface area contributed by atoms with E-state index in [1.165, 1.54) is 11.6 Å². The van der Waals surface area contributed by atoms with Crippen molar-refractivity contribution in [2.24, 2.45) is 13.0 Å². The highest BCUT2D eigenvalue weighted by atomic mass is 19.4. The number of aryl methyl sites for hydroxylation is 1. The lowest BCUT2D eigenvalue weighted by Crippen LogP contribution is -2.48. The second-order valence-electron chi connectivity index (χ2n) is 8.27. The summed E-state index contributed by atoms with van der Waals surface area (Å²) in [6.45, 7) is 2.18. The van der Waals surface area contributed by atoms with Crippen molar-refractivity contribution in [1.82, 2.24) is 14.8 Å². The van der Waals surface area contributed by atoms with Crippen LogP contribution in [0, 0.1) is 5.92 Å². The lowest BCUT2D eigenvalue weighted by Gasteiger charge is -2.40. The average Bonchev–Trinajstić information content (AvgIpc) is 2.99. The zero-order valence-corrected chi connectivity index (χ0v) is 17.3. The van der Waals surface area contributed by atoms with E-state index < -0.39 is 17.8 Å². The van der Waals surface area contributed by atoms with E-state index in [1.54, 1.807) is 12.1 Å². The van der Waals surface area contributed by atoms with Gasteiger partial charge in [-0.05, 0) is 42.7 Å². The number of amides is 1. The van der Waals surface area contributed by atoms with E-state index in [-0.39, 0.29) is 31.0 Å². The Kier molecular flexibility index (Phi) is 5.18. The van der Waals surface area contributed by atoms with Gasteiger partial charge in [-0.2, -0.15) is 13.2 Å². The number of nitrogens with zero attached hydrogens (tertiary/aromatic N) is 2. The molecule has 3 atom stereocenters. The molecular weight excluding hydrogens is 395 g/mol. The summed E-state index contributed by atoms with van der Waals surface area (Å²) < 4.78 is 42.8. The predicted molar refractivity (Wildman–Crippen MR) is 109 cm³/mol. The SMILES string of the molecule is CCC(CO)NC(=O)C1C=C2c3cccc4c3c(c(C(F)(F)F)n4C)CC2N(C)C1. The molecule has 0 bridgehead atoms. The zero-order valence-electron chi connectivity index (χ0n) is 17.3. The third kappa shape index (κ3) is 3.22. The second kappa shape index (κ2) is 7.42. The standard InChI is InChI=1S/C22H26F3N3O2/c1-4-13(11-29)26-21(30)12-8-15-14-6-5-7-17-19(14)16(9-18(15)27(2)10-12)20(28(17)3)22(23,24)25/h5-8,12-13,18,29H,4,9-11H2,1-3H3,(H,26,30). The Bertz CT molecular complexity index is 1020. The first-order valence-corrected chi connectivity index (χ1v) is 10.2. The van der Waals surface area contributed by atoms with Gasteiger partial charge in [-0.25, -0.2) is 0 Å². The Balaban J connectivity index is 1.83. The molecule has 2 N–H and O–H groups in total. The largest absolute Gasteiger partial charge is 0.431 e. The van der Waals surface area contributed by atoms with E-state index in [0.717, 1.165) is 11.1 Å². The zero-order chi connectivity index (χ0) is 21.8. The van der Waals surface area contributed by atoms with Crippen LogP contribution < -0.4 is 5.32 Å². The number of aliphatic hydroxyl groups is 1. The van der Waals surface area contributed by atoms with Crippen LogP contribution in [0.2, 0.25) is 0 Å². The van der Waals surface area contributed by atoms with Crippen LogP contribution in [0.4, 0.5) is 13.2 Å². The van der Waals surface area contributed by atoms with Gasteiger partial charge in [0.05, 0.1) is 18.6 Å². The second-order valence-corrected chi connectivity index (χ2v) is 8.27. The molecule has 0 radical (unpaired) electrons. The van der Waals surface area contributed by atoms with Crippen LogP contribution in [0.5, 0.6) is 0 Å². The highest BCUT2D eigenvalue weighted by molar-refractivity contribution is 6.00. The first kappa shape index (κ1) is 20.9. The summed E-state index contributed by atoms with van der Waals surface area (Å²) in [6, 6.07) is 4.82. The maximum Gasteiger partial charge on any atom is 0.431 e. The molecule has 1 aromatic carbocycles. The van der Waals surface area contributed by atoms with Gasteiger partial charge in [0.1, 0.15) is 5.69 Å². The summed E-state index contributed by atoms with van der Waals surface area (Å²) in [4.78, 5) is 14.7. The number of hydrogen-bond donors (Lipinski definition) is 2. The number of likely N-dealkylation sites (N-methyl/N-ethyl adjacent to an activating group) is 1. The third-order valence-corrected chi connectivity index (χ3v) is 6.46. The molecule has 0 saturated carbocycles. The number of carbonyl (C=O) groups excluding carboxylic acids is 1. The molecule has 2 aliphatic rings. The molecule has 0 spiro atoms. The van der Waals surface area contributed by atoms with Gasteiger partial charge in [-0.1, -0.05) is 25.1 Å². The van der Waals surface area contributed by atoms with Crippen LogP contribution in [0.1, 0.15) is 30.2 Å². The Morgan fingerprint density at radius 1 is 1.33 bits per heavy atom. The molecule has 2 heterocycles. The van der Waals surface area contributed by atoms with E-state index >= 15 is 0 Å². The lowest BCUT2D eigenvalue weighted by atomic mass is 9.79. The number of hydrogen-bond acceptors (Lipinski definition) is 3. The molecule has 2 aromatic rings. The smallest absolute Gasteiger partial charge is 0.394 e. The minimum Gasteiger partial charge on any atom is -0.394 e. The van der Waals surface area contributed by atoms with Crippen LogP contribution in [0.15, 0.2) is 24.3 Å². The van der Waals surface area contributed by atoms with E-state index in [4.69, 9.17) is 0 Å². The fourth-order valence-electron chi connectivity index (χ4n) is 4.91. The van der Waals surface area contributed by atoms with Gasteiger partial charge < -0.3 is 15.0 Å². The van der Waals surface area contributed by atoms with Crippen molar-refractivity contribution in [2.75, 3.05) is 20.2 Å². The molecule has 3 unspecified atom stereocenters. The number of rotatable bonds is 4. The lowest BCUT2D eigenvalue weighted by molar-refractivity contribution is -0.143. The number of aliphatic hydroxyl groups excluding tert-OH is 1. The van der Waals surface area contributed by atoms with E-state index in [2.05, 4.69) is 5.32 Å². The fourth-order valence-corrected chi connectivity index (χ4v) is 4.91. The molecule has 30 heavy (non-hydrogen) atoms. The number of halogens is 3. The van der Waals surface area contributed by atoms with Crippen LogP contribution in [-0.4, -0.2) is 52.8 Å². The number of alkyl halides is 3. The molecule has 1 aliphatic carbocycles. The van der Waals surface area contributed by atoms with Crippen molar-refractivity contribution in [2.45, 2.75) is 38.0 Å². The normalized spacial score (nSPS) is 22.6. The number of fused-ring (bicyclic) bond motifs is 2. The monoisotopic (exact) mass is 421 g/mol. The van der Waals surface area contributed by atoms with Crippen LogP contribution >= 0.6 is 0 Å². The van der Waals surface area contributed by atoms with Crippen molar-refractivity contribution in [3.63, 3.8) is 0 Å². The van der Waals surface area contributed by atoms with Gasteiger partial charge in [0.25, 0.3) is 0 Å². The summed E-state index contributed by atoms with van der Waals surface area (Å²) in [5.41, 5.74) is 1.96. The first-order chi connectivity index (χ1) is 14.2. The average molecular weight is 421 g/mol. The molecule has 0 fully saturated rings.